The molecule has 7 nitrogen and oxygen atoms in total. The third kappa shape index (κ3) is 4.99. The van der Waals surface area contributed by atoms with Crippen LogP contribution in [-0.4, -0.2) is 44.2 Å². The molecule has 0 spiro atoms. The van der Waals surface area contributed by atoms with Gasteiger partial charge in [0.25, 0.3) is 5.91 Å². The third-order valence-corrected chi connectivity index (χ3v) is 6.18. The van der Waals surface area contributed by atoms with Gasteiger partial charge in [0.1, 0.15) is 11.3 Å². The van der Waals surface area contributed by atoms with E-state index < -0.39 is 12.1 Å². The first-order valence-corrected chi connectivity index (χ1v) is 11.7. The number of benzene rings is 2. The standard InChI is InChI=1S/C28H26N4O3/c1-20(27(33)31-15-13-22-10-5-6-11-24(22)18-31)35-28(34)25-19-32(17-21-8-3-2-4-9-21)30-26(25)23-12-7-14-29-16-23/h2-12,14,16,19-20H,13,15,17-18H2,1H3/t20-/m1/s1. The molecule has 0 N–H and O–H groups in total. The summed E-state index contributed by atoms with van der Waals surface area (Å²) in [7, 11) is 0. The highest BCUT2D eigenvalue weighted by molar-refractivity contribution is 5.97. The van der Waals surface area contributed by atoms with Crippen molar-refractivity contribution in [3.63, 3.8) is 0 Å². The van der Waals surface area contributed by atoms with Crippen LogP contribution >= 0.6 is 0 Å². The Morgan fingerprint density at radius 2 is 1.77 bits per heavy atom. The summed E-state index contributed by atoms with van der Waals surface area (Å²) < 4.78 is 7.37. The van der Waals surface area contributed by atoms with Gasteiger partial charge in [-0.25, -0.2) is 4.79 Å². The lowest BCUT2D eigenvalue weighted by molar-refractivity contribution is -0.140. The van der Waals surface area contributed by atoms with Crippen LogP contribution < -0.4 is 0 Å². The van der Waals surface area contributed by atoms with Crippen molar-refractivity contribution in [2.45, 2.75) is 32.5 Å². The first kappa shape index (κ1) is 22.5. The second-order valence-corrected chi connectivity index (χ2v) is 8.64. The minimum absolute atomic E-state index is 0.201. The maximum atomic E-state index is 13.2. The zero-order chi connectivity index (χ0) is 24.2. The monoisotopic (exact) mass is 466 g/mol. The Morgan fingerprint density at radius 3 is 2.54 bits per heavy atom. The summed E-state index contributed by atoms with van der Waals surface area (Å²) in [5, 5.41) is 4.64. The number of nitrogens with zero attached hydrogens (tertiary/aromatic N) is 4. The van der Waals surface area contributed by atoms with Crippen LogP contribution in [0.25, 0.3) is 11.3 Å². The van der Waals surface area contributed by atoms with E-state index >= 15 is 0 Å². The molecule has 5 rings (SSSR count). The Bertz CT molecular complexity index is 1330. The molecule has 0 aliphatic carbocycles. The molecule has 2 aromatic carbocycles. The molecule has 0 saturated heterocycles. The largest absolute Gasteiger partial charge is 0.449 e. The predicted octanol–water partition coefficient (Wildman–Crippen LogP) is 4.12. The van der Waals surface area contributed by atoms with E-state index in [1.165, 1.54) is 5.56 Å². The molecule has 0 saturated carbocycles. The predicted molar refractivity (Wildman–Crippen MR) is 131 cm³/mol. The summed E-state index contributed by atoms with van der Waals surface area (Å²) in [4.78, 5) is 32.2. The first-order chi connectivity index (χ1) is 17.1. The number of aromatic nitrogens is 3. The van der Waals surface area contributed by atoms with Gasteiger partial charge in [-0.1, -0.05) is 54.6 Å². The van der Waals surface area contributed by atoms with Gasteiger partial charge in [0.05, 0.1) is 6.54 Å². The molecule has 0 fully saturated rings. The molecule has 1 atom stereocenters. The maximum absolute atomic E-state index is 13.2. The van der Waals surface area contributed by atoms with Gasteiger partial charge in [0, 0.05) is 37.2 Å². The van der Waals surface area contributed by atoms with E-state index in [4.69, 9.17) is 4.74 Å². The molecule has 0 bridgehead atoms. The van der Waals surface area contributed by atoms with Gasteiger partial charge in [-0.15, -0.1) is 0 Å². The van der Waals surface area contributed by atoms with Gasteiger partial charge in [0.2, 0.25) is 0 Å². The van der Waals surface area contributed by atoms with Crippen LogP contribution in [0.2, 0.25) is 0 Å². The van der Waals surface area contributed by atoms with Crippen LogP contribution in [0.3, 0.4) is 0 Å². The summed E-state index contributed by atoms with van der Waals surface area (Å²) in [5.74, 6) is -0.783. The topological polar surface area (TPSA) is 77.3 Å². The summed E-state index contributed by atoms with van der Waals surface area (Å²) in [6.07, 6.45) is 4.88. The maximum Gasteiger partial charge on any atom is 0.342 e. The molecule has 7 heteroatoms. The SMILES string of the molecule is C[C@@H](OC(=O)c1cn(Cc2ccccc2)nc1-c1cccnc1)C(=O)N1CCc2ccccc2C1. The highest BCUT2D eigenvalue weighted by Crippen LogP contribution is 2.24. The van der Waals surface area contributed by atoms with Crippen molar-refractivity contribution in [3.05, 3.63) is 108 Å². The lowest BCUT2D eigenvalue weighted by Gasteiger charge is -2.30. The molecule has 0 radical (unpaired) electrons. The molecule has 1 aliphatic rings. The van der Waals surface area contributed by atoms with Gasteiger partial charge in [0.15, 0.2) is 6.10 Å². The minimum atomic E-state index is -0.910. The lowest BCUT2D eigenvalue weighted by Crippen LogP contribution is -2.42. The second kappa shape index (κ2) is 9.93. The van der Waals surface area contributed by atoms with Crippen molar-refractivity contribution in [1.29, 1.82) is 0 Å². The number of rotatable bonds is 6. The molecule has 0 unspecified atom stereocenters. The summed E-state index contributed by atoms with van der Waals surface area (Å²) in [6.45, 7) is 3.25. The first-order valence-electron chi connectivity index (χ1n) is 11.7. The highest BCUT2D eigenvalue weighted by atomic mass is 16.5. The zero-order valence-electron chi connectivity index (χ0n) is 19.5. The van der Waals surface area contributed by atoms with Gasteiger partial charge < -0.3 is 9.64 Å². The van der Waals surface area contributed by atoms with Crippen molar-refractivity contribution >= 4 is 11.9 Å². The Labute approximate surface area is 204 Å². The van der Waals surface area contributed by atoms with E-state index in [2.05, 4.69) is 16.1 Å². The fourth-order valence-electron chi connectivity index (χ4n) is 4.35. The van der Waals surface area contributed by atoms with Gasteiger partial charge in [-0.2, -0.15) is 5.10 Å². The van der Waals surface area contributed by atoms with Gasteiger partial charge >= 0.3 is 5.97 Å². The summed E-state index contributed by atoms with van der Waals surface area (Å²) in [6, 6.07) is 21.6. The van der Waals surface area contributed by atoms with Crippen LogP contribution in [0, 0.1) is 0 Å². The number of fused-ring (bicyclic) bond motifs is 1. The number of carbonyl (C=O) groups excluding carboxylic acids is 2. The lowest BCUT2D eigenvalue weighted by atomic mass is 9.99. The van der Waals surface area contributed by atoms with Crippen molar-refractivity contribution in [3.8, 4) is 11.3 Å². The molecule has 4 aromatic rings. The van der Waals surface area contributed by atoms with E-state index in [0.29, 0.717) is 36.5 Å². The smallest absolute Gasteiger partial charge is 0.342 e. The third-order valence-electron chi connectivity index (χ3n) is 6.18. The Balaban J connectivity index is 1.34. The van der Waals surface area contributed by atoms with Gasteiger partial charge in [-0.05, 0) is 42.2 Å². The normalized spacial score (nSPS) is 13.7. The number of hydrogen-bond donors (Lipinski definition) is 0. The Hall–Kier alpha value is -4.26. The quantitative estimate of drug-likeness (QED) is 0.400. The number of esters is 1. The van der Waals surface area contributed by atoms with E-state index in [0.717, 1.165) is 17.5 Å². The van der Waals surface area contributed by atoms with Crippen LogP contribution in [-0.2, 0) is 29.0 Å². The summed E-state index contributed by atoms with van der Waals surface area (Å²) in [5.41, 5.74) is 4.93. The van der Waals surface area contributed by atoms with Crippen molar-refractivity contribution in [1.82, 2.24) is 19.7 Å². The van der Waals surface area contributed by atoms with Crippen LogP contribution in [0.1, 0.15) is 34.0 Å². The molecule has 1 amide bonds. The number of carbonyl (C=O) groups is 2. The van der Waals surface area contributed by atoms with Crippen molar-refractivity contribution < 1.29 is 14.3 Å². The molecule has 35 heavy (non-hydrogen) atoms. The molecule has 1 aliphatic heterocycles. The van der Waals surface area contributed by atoms with E-state index in [1.807, 2.05) is 54.6 Å². The zero-order valence-corrected chi connectivity index (χ0v) is 19.5. The fourth-order valence-corrected chi connectivity index (χ4v) is 4.35. The fraction of sp³-hybridized carbons (Fsp3) is 0.214. The average Bonchev–Trinajstić information content (AvgIpc) is 3.33. The highest BCUT2D eigenvalue weighted by Gasteiger charge is 2.29. The summed E-state index contributed by atoms with van der Waals surface area (Å²) >= 11 is 0. The molecular formula is C28H26N4O3. The number of hydrogen-bond acceptors (Lipinski definition) is 5. The average molecular weight is 467 g/mol. The van der Waals surface area contributed by atoms with Crippen LogP contribution in [0.5, 0.6) is 0 Å². The number of amides is 1. The molecule has 3 heterocycles. The van der Waals surface area contributed by atoms with Crippen LogP contribution in [0.15, 0.2) is 85.3 Å². The number of pyridine rings is 1. The Kier molecular flexibility index (Phi) is 6.39. The molecule has 2 aromatic heterocycles. The van der Waals surface area contributed by atoms with Gasteiger partial charge in [-0.3, -0.25) is 14.5 Å². The van der Waals surface area contributed by atoms with Crippen molar-refractivity contribution in [2.75, 3.05) is 6.54 Å². The van der Waals surface area contributed by atoms with Crippen LogP contribution in [0.4, 0.5) is 0 Å². The second-order valence-electron chi connectivity index (χ2n) is 8.64. The number of ether oxygens (including phenoxy) is 1. The Morgan fingerprint density at radius 1 is 1.00 bits per heavy atom. The van der Waals surface area contributed by atoms with E-state index in [9.17, 15) is 9.59 Å². The van der Waals surface area contributed by atoms with Crippen molar-refractivity contribution in [2.24, 2.45) is 0 Å². The molecule has 176 valence electrons. The molecular weight excluding hydrogens is 440 g/mol. The minimum Gasteiger partial charge on any atom is -0.449 e. The van der Waals surface area contributed by atoms with E-state index in [1.54, 1.807) is 41.2 Å². The van der Waals surface area contributed by atoms with E-state index in [-0.39, 0.29) is 5.91 Å².